The number of anilines is 2. The smallest absolute Gasteiger partial charge is 0.312 e. The Bertz CT molecular complexity index is 706. The number of hydrogen-bond donors (Lipinski definition) is 2. The highest BCUT2D eigenvalue weighted by Crippen LogP contribution is 2.31. The van der Waals surface area contributed by atoms with Crippen molar-refractivity contribution in [3.8, 4) is 0 Å². The Morgan fingerprint density at radius 3 is 2.65 bits per heavy atom. The average Bonchev–Trinajstić information content (AvgIpc) is 3.02. The molecule has 0 spiro atoms. The Morgan fingerprint density at radius 1 is 1.38 bits per heavy atom. The second-order valence-electron chi connectivity index (χ2n) is 7.28. The zero-order valence-corrected chi connectivity index (χ0v) is 14.8. The maximum atomic E-state index is 13.6. The van der Waals surface area contributed by atoms with Crippen molar-refractivity contribution in [2.24, 2.45) is 5.92 Å². The Labute approximate surface area is 151 Å². The molecular weight excluding hydrogens is 341 g/mol. The van der Waals surface area contributed by atoms with E-state index in [0.717, 1.165) is 31.7 Å². The predicted octanol–water partition coefficient (Wildman–Crippen LogP) is 2.43. The standard InChI is InChI=1S/C17H24FN5O3/c1-10-2-4-12(5-3-10)20-17(24)13-8-14(23(25)26)15(19)21-16(13)22-7-6-11(18)9-22/h8,10-12H,2-7,9H2,1H3,(H2,19,21)(H,20,24)/t10-,11-,12-/m1/s1. The van der Waals surface area contributed by atoms with Gasteiger partial charge in [0.15, 0.2) is 0 Å². The third-order valence-corrected chi connectivity index (χ3v) is 5.23. The van der Waals surface area contributed by atoms with Crippen LogP contribution in [0.3, 0.4) is 0 Å². The number of nitrogens with two attached hydrogens (primary N) is 1. The predicted molar refractivity (Wildman–Crippen MR) is 95.9 cm³/mol. The van der Waals surface area contributed by atoms with Gasteiger partial charge in [0, 0.05) is 18.7 Å². The fourth-order valence-corrected chi connectivity index (χ4v) is 3.64. The van der Waals surface area contributed by atoms with Gasteiger partial charge in [-0.15, -0.1) is 0 Å². The molecule has 0 bridgehead atoms. The maximum absolute atomic E-state index is 13.6. The van der Waals surface area contributed by atoms with E-state index < -0.39 is 22.7 Å². The minimum absolute atomic E-state index is 0.0376. The summed E-state index contributed by atoms with van der Waals surface area (Å²) in [6.07, 6.45) is 3.15. The number of aromatic nitrogens is 1. The molecule has 0 radical (unpaired) electrons. The summed E-state index contributed by atoms with van der Waals surface area (Å²) in [5.74, 6) is 0.173. The second kappa shape index (κ2) is 7.43. The lowest BCUT2D eigenvalue weighted by Gasteiger charge is -2.27. The molecule has 1 aliphatic heterocycles. The number of nitro groups is 1. The summed E-state index contributed by atoms with van der Waals surface area (Å²) >= 11 is 0. The van der Waals surface area contributed by atoms with E-state index in [2.05, 4.69) is 17.2 Å². The van der Waals surface area contributed by atoms with Gasteiger partial charge in [0.1, 0.15) is 12.0 Å². The van der Waals surface area contributed by atoms with Crippen molar-refractivity contribution in [2.75, 3.05) is 23.7 Å². The molecule has 2 heterocycles. The monoisotopic (exact) mass is 365 g/mol. The van der Waals surface area contributed by atoms with Crippen LogP contribution < -0.4 is 16.0 Å². The number of alkyl halides is 1. The Kier molecular flexibility index (Phi) is 5.24. The van der Waals surface area contributed by atoms with E-state index >= 15 is 0 Å². The average molecular weight is 365 g/mol. The van der Waals surface area contributed by atoms with Crippen LogP contribution in [-0.4, -0.2) is 41.1 Å². The van der Waals surface area contributed by atoms with Gasteiger partial charge >= 0.3 is 5.69 Å². The van der Waals surface area contributed by atoms with Gasteiger partial charge in [-0.2, -0.15) is 0 Å². The zero-order valence-electron chi connectivity index (χ0n) is 14.8. The lowest BCUT2D eigenvalue weighted by Crippen LogP contribution is -2.38. The minimum Gasteiger partial charge on any atom is -0.378 e. The Balaban J connectivity index is 1.88. The summed E-state index contributed by atoms with van der Waals surface area (Å²) < 4.78 is 13.6. The fraction of sp³-hybridized carbons (Fsp3) is 0.647. The fourth-order valence-electron chi connectivity index (χ4n) is 3.64. The van der Waals surface area contributed by atoms with Crippen LogP contribution >= 0.6 is 0 Å². The molecule has 1 amide bonds. The van der Waals surface area contributed by atoms with Gasteiger partial charge in [0.2, 0.25) is 5.82 Å². The van der Waals surface area contributed by atoms with Crippen molar-refractivity contribution in [1.82, 2.24) is 10.3 Å². The summed E-state index contributed by atoms with van der Waals surface area (Å²) in [6, 6.07) is 1.19. The van der Waals surface area contributed by atoms with Crippen LogP contribution in [-0.2, 0) is 0 Å². The molecule has 142 valence electrons. The molecule has 9 heteroatoms. The second-order valence-corrected chi connectivity index (χ2v) is 7.28. The van der Waals surface area contributed by atoms with Gasteiger partial charge in [-0.05, 0) is 38.0 Å². The largest absolute Gasteiger partial charge is 0.378 e. The number of nitrogens with zero attached hydrogens (tertiary/aromatic N) is 3. The summed E-state index contributed by atoms with van der Waals surface area (Å²) in [4.78, 5) is 29.0. The van der Waals surface area contributed by atoms with Gasteiger partial charge in [-0.25, -0.2) is 9.37 Å². The van der Waals surface area contributed by atoms with E-state index in [1.165, 1.54) is 0 Å². The van der Waals surface area contributed by atoms with Gasteiger partial charge in [0.05, 0.1) is 17.0 Å². The molecule has 26 heavy (non-hydrogen) atoms. The van der Waals surface area contributed by atoms with Crippen LogP contribution in [0.4, 0.5) is 21.7 Å². The van der Waals surface area contributed by atoms with Crippen LogP contribution in [0.5, 0.6) is 0 Å². The normalized spacial score (nSPS) is 25.9. The quantitative estimate of drug-likeness (QED) is 0.625. The number of nitrogen functional groups attached to an aromatic ring is 1. The van der Waals surface area contributed by atoms with Crippen molar-refractivity contribution in [3.63, 3.8) is 0 Å². The third-order valence-electron chi connectivity index (χ3n) is 5.23. The first-order valence-electron chi connectivity index (χ1n) is 9.00. The molecule has 2 aliphatic rings. The van der Waals surface area contributed by atoms with Crippen molar-refractivity contribution in [3.05, 3.63) is 21.7 Å². The number of pyridine rings is 1. The number of rotatable bonds is 4. The van der Waals surface area contributed by atoms with Crippen molar-refractivity contribution >= 4 is 23.2 Å². The topological polar surface area (TPSA) is 114 Å². The number of carbonyl (C=O) groups is 1. The van der Waals surface area contributed by atoms with E-state index in [9.17, 15) is 19.3 Å². The molecule has 1 aromatic heterocycles. The zero-order chi connectivity index (χ0) is 18.8. The molecule has 3 N–H and O–H groups in total. The van der Waals surface area contributed by atoms with Gasteiger partial charge in [0.25, 0.3) is 5.91 Å². The SMILES string of the molecule is C[C@H]1CC[C@H](NC(=O)c2cc([N+](=O)[O-])c(N)nc2N2CC[C@@H](F)C2)CC1. The lowest BCUT2D eigenvalue weighted by atomic mass is 9.87. The van der Waals surface area contributed by atoms with Crippen LogP contribution in [0.2, 0.25) is 0 Å². The van der Waals surface area contributed by atoms with E-state index in [4.69, 9.17) is 5.73 Å². The van der Waals surface area contributed by atoms with E-state index in [-0.39, 0.29) is 29.8 Å². The lowest BCUT2D eigenvalue weighted by molar-refractivity contribution is -0.384. The Hall–Kier alpha value is -2.45. The maximum Gasteiger partial charge on any atom is 0.312 e. The number of amides is 1. The molecule has 1 aliphatic carbocycles. The van der Waals surface area contributed by atoms with Crippen molar-refractivity contribution in [1.29, 1.82) is 0 Å². The molecule has 1 saturated heterocycles. The van der Waals surface area contributed by atoms with Crippen LogP contribution in [0.1, 0.15) is 49.4 Å². The minimum atomic E-state index is -1.01. The number of halogens is 1. The number of hydrogen-bond acceptors (Lipinski definition) is 6. The molecule has 1 saturated carbocycles. The molecule has 1 atom stereocenters. The highest BCUT2D eigenvalue weighted by Gasteiger charge is 2.31. The highest BCUT2D eigenvalue weighted by molar-refractivity contribution is 6.00. The first-order chi connectivity index (χ1) is 12.3. The van der Waals surface area contributed by atoms with Crippen LogP contribution in [0.25, 0.3) is 0 Å². The third kappa shape index (κ3) is 3.86. The molecular formula is C17H24FN5O3. The van der Waals surface area contributed by atoms with E-state index in [1.54, 1.807) is 4.90 Å². The van der Waals surface area contributed by atoms with Gasteiger partial charge in [-0.3, -0.25) is 14.9 Å². The molecule has 3 rings (SSSR count). The van der Waals surface area contributed by atoms with Gasteiger partial charge < -0.3 is 16.0 Å². The van der Waals surface area contributed by atoms with E-state index in [0.29, 0.717) is 18.9 Å². The number of nitrogens with one attached hydrogen (secondary N) is 1. The Morgan fingerprint density at radius 2 is 2.08 bits per heavy atom. The first kappa shape index (κ1) is 18.3. The van der Waals surface area contributed by atoms with E-state index in [1.807, 2.05) is 0 Å². The molecule has 0 unspecified atom stereocenters. The van der Waals surface area contributed by atoms with Crippen molar-refractivity contribution < 1.29 is 14.1 Å². The number of carbonyl (C=O) groups excluding carboxylic acids is 1. The van der Waals surface area contributed by atoms with Crippen molar-refractivity contribution in [2.45, 2.75) is 51.2 Å². The molecule has 1 aromatic rings. The summed E-state index contributed by atoms with van der Waals surface area (Å²) in [5, 5.41) is 14.1. The van der Waals surface area contributed by atoms with Crippen LogP contribution in [0.15, 0.2) is 6.07 Å². The first-order valence-corrected chi connectivity index (χ1v) is 9.00. The van der Waals surface area contributed by atoms with Crippen LogP contribution in [0, 0.1) is 16.0 Å². The summed E-state index contributed by atoms with van der Waals surface area (Å²) in [6.45, 7) is 2.68. The highest BCUT2D eigenvalue weighted by atomic mass is 19.1. The molecule has 2 fully saturated rings. The molecule has 8 nitrogen and oxygen atoms in total. The summed E-state index contributed by atoms with van der Waals surface area (Å²) in [7, 11) is 0. The molecule has 0 aromatic carbocycles. The van der Waals surface area contributed by atoms with Gasteiger partial charge in [-0.1, -0.05) is 6.92 Å². The summed E-state index contributed by atoms with van der Waals surface area (Å²) in [5.41, 5.74) is 5.36.